The maximum absolute atomic E-state index is 12.4. The smallest absolute Gasteiger partial charge is 0.315 e. The Kier molecular flexibility index (Phi) is 9.12. The van der Waals surface area contributed by atoms with Crippen molar-refractivity contribution in [3.8, 4) is 5.75 Å². The summed E-state index contributed by atoms with van der Waals surface area (Å²) in [6, 6.07) is 13.4. The van der Waals surface area contributed by atoms with E-state index in [-0.39, 0.29) is 12.4 Å². The molecule has 190 valence electrons. The number of ether oxygens (including phenoxy) is 1. The normalized spacial score (nSPS) is 24.7. The summed E-state index contributed by atoms with van der Waals surface area (Å²) in [4.78, 5) is 12.4. The topological polar surface area (TPSA) is 78.3 Å². The second-order valence-corrected chi connectivity index (χ2v) is 11.1. The Morgan fingerprint density at radius 1 is 0.857 bits per heavy atom. The molecule has 0 atom stereocenters. The lowest BCUT2D eigenvalue weighted by Crippen LogP contribution is -2.25. The van der Waals surface area contributed by atoms with Crippen LogP contribution >= 0.6 is 0 Å². The van der Waals surface area contributed by atoms with E-state index in [2.05, 4.69) is 19.1 Å². The lowest BCUT2D eigenvalue weighted by atomic mass is 9.68. The third-order valence-electron chi connectivity index (χ3n) is 8.63. The van der Waals surface area contributed by atoms with Gasteiger partial charge in [-0.1, -0.05) is 63.6 Å². The van der Waals surface area contributed by atoms with Crippen LogP contribution in [0.4, 0.5) is 11.4 Å². The first kappa shape index (κ1) is 25.6. The predicted molar refractivity (Wildman–Crippen MR) is 145 cm³/mol. The van der Waals surface area contributed by atoms with Crippen LogP contribution < -0.4 is 16.2 Å². The number of hydrogen-bond acceptors (Lipinski definition) is 4. The van der Waals surface area contributed by atoms with Crippen molar-refractivity contribution >= 4 is 17.3 Å². The molecule has 2 aromatic rings. The molecule has 0 aromatic heterocycles. The number of carbonyl (C=O) groups is 1. The second-order valence-electron chi connectivity index (χ2n) is 11.1. The molecular weight excluding hydrogens is 432 g/mol. The second kappa shape index (κ2) is 12.5. The van der Waals surface area contributed by atoms with Crippen LogP contribution in [-0.2, 0) is 11.2 Å². The zero-order chi connectivity index (χ0) is 24.6. The number of hydrogen-bond donors (Lipinski definition) is 2. The van der Waals surface area contributed by atoms with E-state index < -0.39 is 0 Å². The number of carbonyl (C=O) groups excluding carboxylic acids is 1. The summed E-state index contributed by atoms with van der Waals surface area (Å²) in [7, 11) is 0. The van der Waals surface area contributed by atoms with Crippen LogP contribution in [0.5, 0.6) is 5.75 Å². The van der Waals surface area contributed by atoms with E-state index in [4.69, 9.17) is 16.2 Å². The Labute approximate surface area is 211 Å². The molecule has 0 spiro atoms. The van der Waals surface area contributed by atoms with Crippen molar-refractivity contribution in [3.05, 3.63) is 53.6 Å². The largest absolute Gasteiger partial charge is 0.426 e. The van der Waals surface area contributed by atoms with Crippen LogP contribution in [0.3, 0.4) is 0 Å². The summed E-state index contributed by atoms with van der Waals surface area (Å²) in [5.74, 6) is 3.83. The molecule has 4 heteroatoms. The monoisotopic (exact) mass is 476 g/mol. The molecule has 2 aromatic carbocycles. The van der Waals surface area contributed by atoms with Crippen molar-refractivity contribution in [2.75, 3.05) is 11.5 Å². The van der Waals surface area contributed by atoms with Crippen molar-refractivity contribution in [1.29, 1.82) is 0 Å². The standard InChI is InChI=1S/C31H44N2O2/c1-2-3-4-5-22-6-8-23(9-7-22)24-10-12-25(13-11-24)26-15-18-29(19-16-26)35-31(34)20-27-14-17-28(32)21-30(27)33/h14-19,21-25H,2-13,20,32-33H2,1H3. The number of nitrogens with two attached hydrogens (primary N) is 2. The van der Waals surface area contributed by atoms with Crippen LogP contribution in [0.25, 0.3) is 0 Å². The highest BCUT2D eigenvalue weighted by Crippen LogP contribution is 2.44. The highest BCUT2D eigenvalue weighted by Gasteiger charge is 2.31. The molecule has 0 saturated heterocycles. The maximum atomic E-state index is 12.4. The van der Waals surface area contributed by atoms with Gasteiger partial charge in [-0.15, -0.1) is 0 Å². The van der Waals surface area contributed by atoms with Gasteiger partial charge in [0.15, 0.2) is 0 Å². The Morgan fingerprint density at radius 2 is 1.51 bits per heavy atom. The van der Waals surface area contributed by atoms with Gasteiger partial charge in [-0.25, -0.2) is 0 Å². The van der Waals surface area contributed by atoms with Crippen LogP contribution in [-0.4, -0.2) is 5.97 Å². The molecule has 0 radical (unpaired) electrons. The van der Waals surface area contributed by atoms with Gasteiger partial charge in [0.1, 0.15) is 5.75 Å². The molecule has 2 aliphatic rings. The molecule has 35 heavy (non-hydrogen) atoms. The van der Waals surface area contributed by atoms with Gasteiger partial charge < -0.3 is 16.2 Å². The van der Waals surface area contributed by atoms with E-state index in [1.165, 1.54) is 82.6 Å². The van der Waals surface area contributed by atoms with E-state index >= 15 is 0 Å². The SMILES string of the molecule is CCCCCC1CCC(C2CCC(c3ccc(OC(=O)Cc4ccc(N)cc4N)cc3)CC2)CC1. The molecule has 0 aliphatic heterocycles. The molecule has 4 N–H and O–H groups in total. The van der Waals surface area contributed by atoms with E-state index in [9.17, 15) is 4.79 Å². The third-order valence-corrected chi connectivity index (χ3v) is 8.63. The molecule has 0 unspecified atom stereocenters. The zero-order valence-electron chi connectivity index (χ0n) is 21.5. The van der Waals surface area contributed by atoms with Gasteiger partial charge in [-0.2, -0.15) is 0 Å². The molecule has 2 saturated carbocycles. The quantitative estimate of drug-likeness (QED) is 0.168. The molecule has 0 bridgehead atoms. The predicted octanol–water partition coefficient (Wildman–Crippen LogP) is 7.66. The summed E-state index contributed by atoms with van der Waals surface area (Å²) in [6.07, 6.45) is 17.0. The molecule has 2 fully saturated rings. The Hall–Kier alpha value is -2.49. The average molecular weight is 477 g/mol. The van der Waals surface area contributed by atoms with Crippen LogP contribution in [0.15, 0.2) is 42.5 Å². The van der Waals surface area contributed by atoms with Crippen LogP contribution in [0, 0.1) is 17.8 Å². The van der Waals surface area contributed by atoms with Gasteiger partial charge in [0.25, 0.3) is 0 Å². The van der Waals surface area contributed by atoms with Crippen molar-refractivity contribution in [2.45, 2.75) is 96.3 Å². The third kappa shape index (κ3) is 7.25. The van der Waals surface area contributed by atoms with Gasteiger partial charge in [-0.05, 0) is 97.6 Å². The number of anilines is 2. The summed E-state index contributed by atoms with van der Waals surface area (Å²) >= 11 is 0. The van der Waals surface area contributed by atoms with Gasteiger partial charge >= 0.3 is 5.97 Å². The minimum atomic E-state index is -0.310. The van der Waals surface area contributed by atoms with Crippen molar-refractivity contribution in [2.24, 2.45) is 17.8 Å². The zero-order valence-corrected chi connectivity index (χ0v) is 21.5. The first-order valence-electron chi connectivity index (χ1n) is 14.0. The van der Waals surface area contributed by atoms with Gasteiger partial charge in [0.05, 0.1) is 6.42 Å². The van der Waals surface area contributed by atoms with Crippen molar-refractivity contribution in [1.82, 2.24) is 0 Å². The first-order chi connectivity index (χ1) is 17.0. The summed E-state index contributed by atoms with van der Waals surface area (Å²) in [6.45, 7) is 2.30. The number of nitrogen functional groups attached to an aromatic ring is 2. The fraction of sp³-hybridized carbons (Fsp3) is 0.581. The number of benzene rings is 2. The van der Waals surface area contributed by atoms with Gasteiger partial charge in [-0.3, -0.25) is 4.79 Å². The molecule has 4 rings (SSSR count). The fourth-order valence-corrected chi connectivity index (χ4v) is 6.46. The molecule has 0 amide bonds. The molecule has 2 aliphatic carbocycles. The Morgan fingerprint density at radius 3 is 2.14 bits per heavy atom. The van der Waals surface area contributed by atoms with E-state index in [0.717, 1.165) is 23.3 Å². The lowest BCUT2D eigenvalue weighted by Gasteiger charge is -2.38. The molecule has 0 heterocycles. The lowest BCUT2D eigenvalue weighted by molar-refractivity contribution is -0.133. The summed E-state index contributed by atoms with van der Waals surface area (Å²) < 4.78 is 5.56. The van der Waals surface area contributed by atoms with Crippen molar-refractivity contribution in [3.63, 3.8) is 0 Å². The summed E-state index contributed by atoms with van der Waals surface area (Å²) in [5.41, 5.74) is 14.9. The number of esters is 1. The van der Waals surface area contributed by atoms with Crippen LogP contribution in [0.1, 0.15) is 101 Å². The van der Waals surface area contributed by atoms with Crippen LogP contribution in [0.2, 0.25) is 0 Å². The first-order valence-corrected chi connectivity index (χ1v) is 14.0. The fourth-order valence-electron chi connectivity index (χ4n) is 6.46. The van der Waals surface area contributed by atoms with Gasteiger partial charge in [0, 0.05) is 11.4 Å². The highest BCUT2D eigenvalue weighted by atomic mass is 16.5. The minimum Gasteiger partial charge on any atom is -0.426 e. The molecular formula is C31H44N2O2. The number of rotatable bonds is 9. The maximum Gasteiger partial charge on any atom is 0.315 e. The van der Waals surface area contributed by atoms with E-state index in [1.54, 1.807) is 18.2 Å². The van der Waals surface area contributed by atoms with E-state index in [0.29, 0.717) is 23.0 Å². The minimum absolute atomic E-state index is 0.137. The Balaban J connectivity index is 1.20. The van der Waals surface area contributed by atoms with E-state index in [1.807, 2.05) is 12.1 Å². The van der Waals surface area contributed by atoms with Crippen molar-refractivity contribution < 1.29 is 9.53 Å². The average Bonchev–Trinajstić information content (AvgIpc) is 2.87. The summed E-state index contributed by atoms with van der Waals surface area (Å²) in [5, 5.41) is 0. The highest BCUT2D eigenvalue weighted by molar-refractivity contribution is 5.77. The molecule has 4 nitrogen and oxygen atoms in total. The Bertz CT molecular complexity index is 939. The van der Waals surface area contributed by atoms with Gasteiger partial charge in [0.2, 0.25) is 0 Å². The number of unbranched alkanes of at least 4 members (excludes halogenated alkanes) is 2.